The molecule has 0 bridgehead atoms. The lowest BCUT2D eigenvalue weighted by atomic mass is 10.1. The number of thiazole rings is 1. The van der Waals surface area contributed by atoms with Gasteiger partial charge < -0.3 is 10.2 Å². The molecule has 25 heavy (non-hydrogen) atoms. The summed E-state index contributed by atoms with van der Waals surface area (Å²) in [6.07, 6.45) is 0. The Labute approximate surface area is 156 Å². The van der Waals surface area contributed by atoms with Crippen LogP contribution in [0, 0.1) is 6.92 Å². The van der Waals surface area contributed by atoms with Gasteiger partial charge in [-0.25, -0.2) is 4.98 Å². The van der Waals surface area contributed by atoms with Gasteiger partial charge in [0.1, 0.15) is 4.88 Å². The molecular weight excluding hydrogens is 354 g/mol. The minimum Gasteiger partial charge on any atom is -0.361 e. The van der Waals surface area contributed by atoms with Gasteiger partial charge in [-0.05, 0) is 48.9 Å². The van der Waals surface area contributed by atoms with E-state index in [4.69, 9.17) is 11.6 Å². The van der Waals surface area contributed by atoms with Crippen molar-refractivity contribution in [2.24, 2.45) is 0 Å². The van der Waals surface area contributed by atoms with E-state index >= 15 is 0 Å². The van der Waals surface area contributed by atoms with Gasteiger partial charge >= 0.3 is 0 Å². The van der Waals surface area contributed by atoms with Crippen LogP contribution in [-0.4, -0.2) is 24.9 Å². The van der Waals surface area contributed by atoms with E-state index in [2.05, 4.69) is 10.3 Å². The highest BCUT2D eigenvalue weighted by Crippen LogP contribution is 2.33. The molecule has 0 atom stereocenters. The largest absolute Gasteiger partial charge is 0.361 e. The zero-order valence-corrected chi connectivity index (χ0v) is 15.8. The van der Waals surface area contributed by atoms with Gasteiger partial charge in [-0.15, -0.1) is 0 Å². The second kappa shape index (κ2) is 7.25. The van der Waals surface area contributed by atoms with Crippen LogP contribution in [-0.2, 0) is 0 Å². The van der Waals surface area contributed by atoms with E-state index in [0.717, 1.165) is 11.3 Å². The summed E-state index contributed by atoms with van der Waals surface area (Å²) >= 11 is 7.26. The Morgan fingerprint density at radius 2 is 1.88 bits per heavy atom. The second-order valence-corrected chi connectivity index (χ2v) is 7.33. The minimum absolute atomic E-state index is 0.0600. The first-order valence-corrected chi connectivity index (χ1v) is 8.95. The molecule has 0 aliphatic rings. The Kier molecular flexibility index (Phi) is 5.06. The highest BCUT2D eigenvalue weighted by molar-refractivity contribution is 7.18. The van der Waals surface area contributed by atoms with Gasteiger partial charge in [-0.3, -0.25) is 4.79 Å². The molecule has 0 spiro atoms. The normalized spacial score (nSPS) is 10.6. The zero-order valence-electron chi connectivity index (χ0n) is 14.2. The number of aryl methyl sites for hydroxylation is 1. The number of carbonyl (C=O) groups is 1. The van der Waals surface area contributed by atoms with Crippen LogP contribution in [0.4, 0.5) is 16.6 Å². The molecule has 0 saturated heterocycles. The van der Waals surface area contributed by atoms with Crippen LogP contribution in [0.2, 0.25) is 5.02 Å². The zero-order chi connectivity index (χ0) is 18.0. The summed E-state index contributed by atoms with van der Waals surface area (Å²) in [6, 6.07) is 14.9. The maximum atomic E-state index is 12.9. The summed E-state index contributed by atoms with van der Waals surface area (Å²) in [7, 11) is 3.76. The summed E-state index contributed by atoms with van der Waals surface area (Å²) in [5.74, 6) is 0.593. The highest BCUT2D eigenvalue weighted by atomic mass is 35.5. The molecule has 1 heterocycles. The third kappa shape index (κ3) is 4.00. The van der Waals surface area contributed by atoms with Crippen molar-refractivity contribution >= 4 is 45.4 Å². The first kappa shape index (κ1) is 17.5. The number of ketones is 1. The van der Waals surface area contributed by atoms with E-state index in [1.807, 2.05) is 50.2 Å². The maximum absolute atomic E-state index is 12.9. The Bertz CT molecular complexity index is 903. The number of hydrogen-bond donors (Lipinski definition) is 1. The molecule has 0 amide bonds. The number of benzene rings is 2. The van der Waals surface area contributed by atoms with Crippen LogP contribution in [0.1, 0.15) is 20.8 Å². The molecule has 1 aromatic heterocycles. The molecule has 0 fully saturated rings. The number of halogens is 1. The van der Waals surface area contributed by atoms with Gasteiger partial charge in [0.25, 0.3) is 0 Å². The Balaban J connectivity index is 1.94. The average Bonchev–Trinajstić information content (AvgIpc) is 2.99. The molecule has 0 unspecified atom stereocenters. The topological polar surface area (TPSA) is 45.2 Å². The fraction of sp³-hybridized carbons (Fsp3) is 0.158. The summed E-state index contributed by atoms with van der Waals surface area (Å²) in [6.45, 7) is 2.04. The van der Waals surface area contributed by atoms with E-state index in [9.17, 15) is 4.79 Å². The molecular formula is C19H18ClN3OS. The molecule has 1 N–H and O–H groups in total. The van der Waals surface area contributed by atoms with Crippen molar-refractivity contribution in [2.45, 2.75) is 6.92 Å². The van der Waals surface area contributed by atoms with Crippen LogP contribution in [0.15, 0.2) is 48.5 Å². The van der Waals surface area contributed by atoms with Crippen molar-refractivity contribution in [1.29, 1.82) is 0 Å². The van der Waals surface area contributed by atoms with E-state index in [1.54, 1.807) is 24.3 Å². The molecule has 3 aromatic rings. The number of nitrogens with one attached hydrogen (secondary N) is 1. The van der Waals surface area contributed by atoms with Crippen molar-refractivity contribution in [3.63, 3.8) is 0 Å². The van der Waals surface area contributed by atoms with Crippen molar-refractivity contribution in [3.8, 4) is 0 Å². The molecule has 6 heteroatoms. The lowest BCUT2D eigenvalue weighted by Crippen LogP contribution is -2.13. The Hall–Kier alpha value is -2.37. The molecule has 4 nitrogen and oxygen atoms in total. The van der Waals surface area contributed by atoms with E-state index in [1.165, 1.54) is 11.3 Å². The summed E-state index contributed by atoms with van der Waals surface area (Å²) in [5, 5.41) is 4.58. The summed E-state index contributed by atoms with van der Waals surface area (Å²) in [5.41, 5.74) is 2.70. The minimum atomic E-state index is -0.0600. The molecule has 3 rings (SSSR count). The standard InChI is InChI=1S/C19H18ClN3OS/c1-12-5-4-6-15(11-12)21-19-22-18(23(2)3)17(25-19)16(24)13-7-9-14(20)10-8-13/h4-11H,1-3H3,(H,21,22). The van der Waals surface area contributed by atoms with Crippen molar-refractivity contribution in [3.05, 3.63) is 69.6 Å². The number of aromatic nitrogens is 1. The Morgan fingerprint density at radius 3 is 2.52 bits per heavy atom. The van der Waals surface area contributed by atoms with Crippen molar-refractivity contribution in [2.75, 3.05) is 24.3 Å². The van der Waals surface area contributed by atoms with Crippen LogP contribution < -0.4 is 10.2 Å². The third-order valence-electron chi connectivity index (χ3n) is 3.61. The first-order valence-electron chi connectivity index (χ1n) is 7.76. The van der Waals surface area contributed by atoms with Gasteiger partial charge in [-0.2, -0.15) is 0 Å². The predicted molar refractivity (Wildman–Crippen MR) is 106 cm³/mol. The predicted octanol–water partition coefficient (Wildman–Crippen LogP) is 5.15. The number of nitrogens with zero attached hydrogens (tertiary/aromatic N) is 2. The fourth-order valence-electron chi connectivity index (χ4n) is 2.40. The van der Waals surface area contributed by atoms with E-state index in [0.29, 0.717) is 26.4 Å². The van der Waals surface area contributed by atoms with Crippen molar-refractivity contribution in [1.82, 2.24) is 4.98 Å². The molecule has 0 aliphatic heterocycles. The molecule has 2 aromatic carbocycles. The second-order valence-electron chi connectivity index (χ2n) is 5.90. The molecule has 0 radical (unpaired) electrons. The quantitative estimate of drug-likeness (QED) is 0.630. The number of anilines is 3. The lowest BCUT2D eigenvalue weighted by Gasteiger charge is -2.10. The van der Waals surface area contributed by atoms with Gasteiger partial charge in [0.2, 0.25) is 5.78 Å². The summed E-state index contributed by atoms with van der Waals surface area (Å²) in [4.78, 5) is 19.9. The number of rotatable bonds is 5. The smallest absolute Gasteiger partial charge is 0.206 e. The highest BCUT2D eigenvalue weighted by Gasteiger charge is 2.21. The SMILES string of the molecule is Cc1cccc(Nc2nc(N(C)C)c(C(=O)c3ccc(Cl)cc3)s2)c1. The van der Waals surface area contributed by atoms with Crippen molar-refractivity contribution < 1.29 is 4.79 Å². The number of hydrogen-bond acceptors (Lipinski definition) is 5. The maximum Gasteiger partial charge on any atom is 0.206 e. The Morgan fingerprint density at radius 1 is 1.16 bits per heavy atom. The van der Waals surface area contributed by atoms with E-state index < -0.39 is 0 Å². The van der Waals surface area contributed by atoms with Crippen LogP contribution >= 0.6 is 22.9 Å². The fourth-order valence-corrected chi connectivity index (χ4v) is 3.55. The first-order chi connectivity index (χ1) is 11.9. The third-order valence-corrected chi connectivity index (χ3v) is 4.83. The van der Waals surface area contributed by atoms with Gasteiger partial charge in [-0.1, -0.05) is 35.1 Å². The van der Waals surface area contributed by atoms with Crippen LogP contribution in [0.25, 0.3) is 0 Å². The number of carbonyl (C=O) groups excluding carboxylic acids is 1. The van der Waals surface area contributed by atoms with Crippen LogP contribution in [0.3, 0.4) is 0 Å². The van der Waals surface area contributed by atoms with Gasteiger partial charge in [0.15, 0.2) is 10.9 Å². The molecule has 128 valence electrons. The molecule has 0 saturated carbocycles. The van der Waals surface area contributed by atoms with Gasteiger partial charge in [0.05, 0.1) is 0 Å². The molecule has 0 aliphatic carbocycles. The van der Waals surface area contributed by atoms with Gasteiger partial charge in [0, 0.05) is 30.4 Å². The lowest BCUT2D eigenvalue weighted by molar-refractivity contribution is 0.104. The average molecular weight is 372 g/mol. The summed E-state index contributed by atoms with van der Waals surface area (Å²) < 4.78 is 0. The van der Waals surface area contributed by atoms with Crippen LogP contribution in [0.5, 0.6) is 0 Å². The monoisotopic (exact) mass is 371 g/mol. The van der Waals surface area contributed by atoms with E-state index in [-0.39, 0.29) is 5.78 Å².